The third-order valence-corrected chi connectivity index (χ3v) is 3.58. The standard InChI is InChI=1S/C13H17Br2NO/c1-9(2)16(7-6-14)13(17)11-5-4-10(3)8-12(11)15/h4-5,8-9H,6-7H2,1-3H3. The highest BCUT2D eigenvalue weighted by Gasteiger charge is 2.19. The van der Waals surface area contributed by atoms with Crippen molar-refractivity contribution in [2.45, 2.75) is 26.8 Å². The van der Waals surface area contributed by atoms with Crippen molar-refractivity contribution in [1.82, 2.24) is 4.90 Å². The monoisotopic (exact) mass is 361 g/mol. The topological polar surface area (TPSA) is 20.3 Å². The molecule has 4 heteroatoms. The van der Waals surface area contributed by atoms with Gasteiger partial charge in [0.15, 0.2) is 0 Å². The smallest absolute Gasteiger partial charge is 0.255 e. The Labute approximate surface area is 120 Å². The van der Waals surface area contributed by atoms with Gasteiger partial charge in [0.25, 0.3) is 5.91 Å². The Kier molecular flexibility index (Phi) is 5.67. The van der Waals surface area contributed by atoms with Gasteiger partial charge in [-0.05, 0) is 54.4 Å². The van der Waals surface area contributed by atoms with E-state index in [4.69, 9.17) is 0 Å². The summed E-state index contributed by atoms with van der Waals surface area (Å²) < 4.78 is 0.864. The van der Waals surface area contributed by atoms with Crippen molar-refractivity contribution in [2.75, 3.05) is 11.9 Å². The maximum atomic E-state index is 12.4. The van der Waals surface area contributed by atoms with Crippen molar-refractivity contribution >= 4 is 37.8 Å². The number of benzene rings is 1. The highest BCUT2D eigenvalue weighted by atomic mass is 79.9. The molecule has 0 aliphatic rings. The average Bonchev–Trinajstić information content (AvgIpc) is 2.24. The molecule has 1 aromatic carbocycles. The number of amides is 1. The van der Waals surface area contributed by atoms with Gasteiger partial charge in [-0.15, -0.1) is 0 Å². The van der Waals surface area contributed by atoms with Gasteiger partial charge >= 0.3 is 0 Å². The molecule has 1 amide bonds. The van der Waals surface area contributed by atoms with Gasteiger partial charge in [-0.2, -0.15) is 0 Å². The summed E-state index contributed by atoms with van der Waals surface area (Å²) in [5.41, 5.74) is 1.87. The summed E-state index contributed by atoms with van der Waals surface area (Å²) in [7, 11) is 0. The van der Waals surface area contributed by atoms with Gasteiger partial charge in [-0.3, -0.25) is 4.79 Å². The number of halogens is 2. The number of carbonyl (C=O) groups excluding carboxylic acids is 1. The maximum absolute atomic E-state index is 12.4. The van der Waals surface area contributed by atoms with Crippen LogP contribution in [0.25, 0.3) is 0 Å². The summed E-state index contributed by atoms with van der Waals surface area (Å²) in [6, 6.07) is 6.02. The molecule has 0 atom stereocenters. The first-order valence-corrected chi connectivity index (χ1v) is 7.52. The maximum Gasteiger partial charge on any atom is 0.255 e. The van der Waals surface area contributed by atoms with Gasteiger partial charge in [0.2, 0.25) is 0 Å². The van der Waals surface area contributed by atoms with Gasteiger partial charge < -0.3 is 4.90 Å². The summed E-state index contributed by atoms with van der Waals surface area (Å²) in [5.74, 6) is 0.0753. The fourth-order valence-electron chi connectivity index (χ4n) is 1.63. The zero-order valence-corrected chi connectivity index (χ0v) is 13.5. The van der Waals surface area contributed by atoms with Crippen LogP contribution < -0.4 is 0 Å². The summed E-state index contributed by atoms with van der Waals surface area (Å²) in [6.07, 6.45) is 0. The quantitative estimate of drug-likeness (QED) is 0.741. The molecule has 0 heterocycles. The number of carbonyl (C=O) groups is 1. The fraction of sp³-hybridized carbons (Fsp3) is 0.462. The molecule has 0 saturated carbocycles. The summed E-state index contributed by atoms with van der Waals surface area (Å²) in [4.78, 5) is 14.2. The van der Waals surface area contributed by atoms with E-state index in [-0.39, 0.29) is 11.9 Å². The molecule has 1 aromatic rings. The normalized spacial score (nSPS) is 10.7. The van der Waals surface area contributed by atoms with E-state index in [0.29, 0.717) is 0 Å². The first-order valence-electron chi connectivity index (χ1n) is 5.60. The molecule has 0 unspecified atom stereocenters. The van der Waals surface area contributed by atoms with Crippen molar-refractivity contribution in [3.8, 4) is 0 Å². The van der Waals surface area contributed by atoms with E-state index >= 15 is 0 Å². The van der Waals surface area contributed by atoms with Gasteiger partial charge in [-0.25, -0.2) is 0 Å². The number of hydrogen-bond acceptors (Lipinski definition) is 1. The molecular formula is C13H17Br2NO. The van der Waals surface area contributed by atoms with Crippen LogP contribution in [-0.4, -0.2) is 28.7 Å². The van der Waals surface area contributed by atoms with E-state index in [1.165, 1.54) is 0 Å². The van der Waals surface area contributed by atoms with Crippen LogP contribution in [0.2, 0.25) is 0 Å². The van der Waals surface area contributed by atoms with Crippen LogP contribution in [0.5, 0.6) is 0 Å². The highest BCUT2D eigenvalue weighted by molar-refractivity contribution is 9.10. The first kappa shape index (κ1) is 14.7. The van der Waals surface area contributed by atoms with E-state index < -0.39 is 0 Å². The number of nitrogens with zero attached hydrogens (tertiary/aromatic N) is 1. The third-order valence-electron chi connectivity index (χ3n) is 2.56. The Bertz CT molecular complexity index is 404. The Morgan fingerprint density at radius 2 is 2.06 bits per heavy atom. The first-order chi connectivity index (χ1) is 7.97. The lowest BCUT2D eigenvalue weighted by atomic mass is 10.1. The molecule has 1 rings (SSSR count). The second-order valence-electron chi connectivity index (χ2n) is 4.26. The lowest BCUT2D eigenvalue weighted by Crippen LogP contribution is -2.38. The minimum absolute atomic E-state index is 0.0753. The van der Waals surface area contributed by atoms with Crippen LogP contribution in [0.1, 0.15) is 29.8 Å². The van der Waals surface area contributed by atoms with E-state index in [1.807, 2.05) is 43.9 Å². The molecule has 17 heavy (non-hydrogen) atoms. The van der Waals surface area contributed by atoms with Crippen LogP contribution in [-0.2, 0) is 0 Å². The molecule has 94 valence electrons. The van der Waals surface area contributed by atoms with Crippen LogP contribution in [0.4, 0.5) is 0 Å². The predicted molar refractivity (Wildman–Crippen MR) is 78.8 cm³/mol. The molecule has 0 fully saturated rings. The predicted octanol–water partition coefficient (Wildman–Crippen LogP) is 4.00. The summed E-state index contributed by atoms with van der Waals surface area (Å²) >= 11 is 6.84. The molecule has 0 saturated heterocycles. The zero-order valence-electron chi connectivity index (χ0n) is 10.3. The van der Waals surface area contributed by atoms with E-state index in [0.717, 1.165) is 27.5 Å². The van der Waals surface area contributed by atoms with Gasteiger partial charge in [0.05, 0.1) is 5.56 Å². The van der Waals surface area contributed by atoms with Crippen LogP contribution >= 0.6 is 31.9 Å². The molecule has 0 radical (unpaired) electrons. The summed E-state index contributed by atoms with van der Waals surface area (Å²) in [6.45, 7) is 6.79. The van der Waals surface area contributed by atoms with Gasteiger partial charge in [-0.1, -0.05) is 22.0 Å². The third kappa shape index (κ3) is 3.81. The van der Waals surface area contributed by atoms with Gasteiger partial charge in [0.1, 0.15) is 0 Å². The lowest BCUT2D eigenvalue weighted by molar-refractivity contribution is 0.0718. The minimum atomic E-state index is 0.0753. The van der Waals surface area contributed by atoms with Crippen molar-refractivity contribution in [3.63, 3.8) is 0 Å². The minimum Gasteiger partial charge on any atom is -0.335 e. The van der Waals surface area contributed by atoms with Gasteiger partial charge in [0, 0.05) is 22.4 Å². The average molecular weight is 363 g/mol. The van der Waals surface area contributed by atoms with E-state index in [1.54, 1.807) is 0 Å². The molecule has 0 spiro atoms. The number of alkyl halides is 1. The fourth-order valence-corrected chi connectivity index (χ4v) is 2.68. The molecule has 0 aliphatic heterocycles. The van der Waals surface area contributed by atoms with Crippen molar-refractivity contribution < 1.29 is 4.79 Å². The van der Waals surface area contributed by atoms with Crippen molar-refractivity contribution in [2.24, 2.45) is 0 Å². The number of hydrogen-bond donors (Lipinski definition) is 0. The molecule has 0 bridgehead atoms. The van der Waals surface area contributed by atoms with Crippen molar-refractivity contribution in [3.05, 3.63) is 33.8 Å². The van der Waals surface area contributed by atoms with Crippen LogP contribution in [0.3, 0.4) is 0 Å². The summed E-state index contributed by atoms with van der Waals surface area (Å²) in [5, 5.41) is 0.792. The lowest BCUT2D eigenvalue weighted by Gasteiger charge is -2.26. The molecular weight excluding hydrogens is 346 g/mol. The molecule has 2 nitrogen and oxygen atoms in total. The van der Waals surface area contributed by atoms with E-state index in [2.05, 4.69) is 31.9 Å². The number of aryl methyl sites for hydroxylation is 1. The Hall–Kier alpha value is -0.350. The second-order valence-corrected chi connectivity index (χ2v) is 5.91. The Morgan fingerprint density at radius 1 is 1.41 bits per heavy atom. The zero-order chi connectivity index (χ0) is 13.0. The Balaban J connectivity index is 3.01. The second kappa shape index (κ2) is 6.55. The van der Waals surface area contributed by atoms with Crippen molar-refractivity contribution in [1.29, 1.82) is 0 Å². The SMILES string of the molecule is Cc1ccc(C(=O)N(CCBr)C(C)C)c(Br)c1. The largest absolute Gasteiger partial charge is 0.335 e. The molecule has 0 N–H and O–H groups in total. The van der Waals surface area contributed by atoms with Crippen LogP contribution in [0, 0.1) is 6.92 Å². The number of rotatable bonds is 4. The molecule has 0 aliphatic carbocycles. The van der Waals surface area contributed by atoms with Crippen LogP contribution in [0.15, 0.2) is 22.7 Å². The Morgan fingerprint density at radius 3 is 2.53 bits per heavy atom. The highest BCUT2D eigenvalue weighted by Crippen LogP contribution is 2.21. The van der Waals surface area contributed by atoms with E-state index in [9.17, 15) is 4.79 Å². The molecule has 0 aromatic heterocycles.